The van der Waals surface area contributed by atoms with Gasteiger partial charge in [-0.05, 0) is 24.3 Å². The predicted octanol–water partition coefficient (Wildman–Crippen LogP) is 2.16. The fraction of sp³-hybridized carbons (Fsp3) is 0.0714. The molecule has 1 heterocycles. The summed E-state index contributed by atoms with van der Waals surface area (Å²) in [7, 11) is 1.86. The van der Waals surface area contributed by atoms with Gasteiger partial charge in [-0.25, -0.2) is 0 Å². The summed E-state index contributed by atoms with van der Waals surface area (Å²) in [6, 6.07) is 18.0. The monoisotopic (exact) mass is 225 g/mol. The highest BCUT2D eigenvalue weighted by atomic mass is 16.3. The lowest BCUT2D eigenvalue weighted by Gasteiger charge is -1.96. The lowest BCUT2D eigenvalue weighted by molar-refractivity contribution is -0.652. The average molecular weight is 225 g/mol. The Hall–Kier alpha value is -2.29. The highest BCUT2D eigenvalue weighted by molar-refractivity contribution is 5.75. The summed E-state index contributed by atoms with van der Waals surface area (Å²) in [4.78, 5) is 0. The molecular formula is C14H13N2O+. The van der Waals surface area contributed by atoms with Gasteiger partial charge in [-0.2, -0.15) is 9.13 Å². The van der Waals surface area contributed by atoms with Crippen molar-refractivity contribution in [1.82, 2.24) is 4.57 Å². The van der Waals surface area contributed by atoms with Crippen molar-refractivity contribution >= 4 is 11.0 Å². The second kappa shape index (κ2) is 3.63. The van der Waals surface area contributed by atoms with Gasteiger partial charge in [0, 0.05) is 0 Å². The van der Waals surface area contributed by atoms with E-state index in [1.807, 2.05) is 66.2 Å². The van der Waals surface area contributed by atoms with Crippen LogP contribution in [0.5, 0.6) is 6.01 Å². The van der Waals surface area contributed by atoms with E-state index in [0.29, 0.717) is 0 Å². The van der Waals surface area contributed by atoms with Crippen molar-refractivity contribution in [3.8, 4) is 11.7 Å². The summed E-state index contributed by atoms with van der Waals surface area (Å²) >= 11 is 0. The quantitative estimate of drug-likeness (QED) is 0.632. The van der Waals surface area contributed by atoms with Crippen LogP contribution < -0.4 is 4.57 Å². The lowest BCUT2D eigenvalue weighted by Crippen LogP contribution is -2.26. The number of aromatic hydroxyl groups is 1. The van der Waals surface area contributed by atoms with Crippen LogP contribution in [0.15, 0.2) is 54.6 Å². The predicted molar refractivity (Wildman–Crippen MR) is 66.1 cm³/mol. The van der Waals surface area contributed by atoms with E-state index < -0.39 is 0 Å². The molecule has 0 amide bonds. The van der Waals surface area contributed by atoms with E-state index in [-0.39, 0.29) is 6.01 Å². The standard InChI is InChI=1S/C14H12N2O/c1-15-12-9-5-6-10-13(12)16(14(15)17)11-7-3-2-4-8-11/h2-10H,1H3/p+1. The van der Waals surface area contributed by atoms with Crippen LogP contribution in [0.1, 0.15) is 0 Å². The Kier molecular flexibility index (Phi) is 2.11. The Balaban J connectivity index is 2.41. The van der Waals surface area contributed by atoms with Crippen molar-refractivity contribution in [2.45, 2.75) is 0 Å². The van der Waals surface area contributed by atoms with Crippen LogP contribution in [-0.2, 0) is 7.05 Å². The molecule has 0 saturated heterocycles. The van der Waals surface area contributed by atoms with Gasteiger partial charge in [0.05, 0.1) is 7.05 Å². The Bertz CT molecular complexity index is 671. The zero-order valence-electron chi connectivity index (χ0n) is 9.54. The Labute approximate surface area is 99.2 Å². The molecule has 1 N–H and O–H groups in total. The van der Waals surface area contributed by atoms with Gasteiger partial charge in [-0.15, -0.1) is 0 Å². The highest BCUT2D eigenvalue weighted by Crippen LogP contribution is 2.22. The van der Waals surface area contributed by atoms with Crippen LogP contribution in [0, 0.1) is 0 Å². The van der Waals surface area contributed by atoms with E-state index in [1.165, 1.54) is 0 Å². The minimum atomic E-state index is 0.234. The minimum Gasteiger partial charge on any atom is -0.446 e. The second-order valence-corrected chi connectivity index (χ2v) is 4.02. The molecule has 0 radical (unpaired) electrons. The first kappa shape index (κ1) is 9.90. The van der Waals surface area contributed by atoms with Gasteiger partial charge in [-0.1, -0.05) is 30.3 Å². The Morgan fingerprint density at radius 3 is 2.35 bits per heavy atom. The summed E-state index contributed by atoms with van der Waals surface area (Å²) in [6.45, 7) is 0. The minimum absolute atomic E-state index is 0.234. The number of aryl methyl sites for hydroxylation is 1. The molecule has 2 aromatic carbocycles. The van der Waals surface area contributed by atoms with Crippen LogP contribution in [0.2, 0.25) is 0 Å². The third kappa shape index (κ3) is 1.40. The molecule has 0 atom stereocenters. The largest absolute Gasteiger partial charge is 0.459 e. The number of nitrogens with zero attached hydrogens (tertiary/aromatic N) is 2. The van der Waals surface area contributed by atoms with E-state index in [1.54, 1.807) is 4.57 Å². The van der Waals surface area contributed by atoms with Crippen molar-refractivity contribution in [2.24, 2.45) is 7.05 Å². The van der Waals surface area contributed by atoms with Crippen molar-refractivity contribution < 1.29 is 9.67 Å². The average Bonchev–Trinajstić information content (AvgIpc) is 2.64. The second-order valence-electron chi connectivity index (χ2n) is 4.02. The lowest BCUT2D eigenvalue weighted by atomic mass is 10.3. The molecule has 0 aliphatic rings. The maximum absolute atomic E-state index is 10.2. The van der Waals surface area contributed by atoms with Crippen LogP contribution in [-0.4, -0.2) is 9.67 Å². The van der Waals surface area contributed by atoms with Crippen LogP contribution >= 0.6 is 0 Å². The molecule has 0 aliphatic carbocycles. The van der Waals surface area contributed by atoms with Crippen molar-refractivity contribution in [3.63, 3.8) is 0 Å². The third-order valence-corrected chi connectivity index (χ3v) is 3.00. The fourth-order valence-corrected chi connectivity index (χ4v) is 2.13. The molecule has 84 valence electrons. The molecule has 0 aliphatic heterocycles. The molecular weight excluding hydrogens is 212 g/mol. The molecule has 3 nitrogen and oxygen atoms in total. The molecule has 0 unspecified atom stereocenters. The molecule has 1 aromatic heterocycles. The topological polar surface area (TPSA) is 29.0 Å². The normalized spacial score (nSPS) is 10.9. The molecule has 0 fully saturated rings. The summed E-state index contributed by atoms with van der Waals surface area (Å²) < 4.78 is 3.62. The highest BCUT2D eigenvalue weighted by Gasteiger charge is 2.22. The maximum atomic E-state index is 10.2. The van der Waals surface area contributed by atoms with Crippen LogP contribution in [0.4, 0.5) is 0 Å². The molecule has 17 heavy (non-hydrogen) atoms. The Morgan fingerprint density at radius 1 is 0.941 bits per heavy atom. The summed E-state index contributed by atoms with van der Waals surface area (Å²) in [5.74, 6) is 0. The first-order valence-electron chi connectivity index (χ1n) is 5.53. The van der Waals surface area contributed by atoms with E-state index >= 15 is 0 Å². The smallest absolute Gasteiger partial charge is 0.446 e. The van der Waals surface area contributed by atoms with Crippen LogP contribution in [0.3, 0.4) is 0 Å². The van der Waals surface area contributed by atoms with E-state index in [2.05, 4.69) is 0 Å². The third-order valence-electron chi connectivity index (χ3n) is 3.00. The van der Waals surface area contributed by atoms with Crippen molar-refractivity contribution in [3.05, 3.63) is 54.6 Å². The van der Waals surface area contributed by atoms with Gasteiger partial charge in [0.2, 0.25) is 0 Å². The number of para-hydroxylation sites is 3. The molecule has 3 rings (SSSR count). The van der Waals surface area contributed by atoms with Crippen LogP contribution in [0.25, 0.3) is 16.7 Å². The number of benzene rings is 2. The zero-order valence-corrected chi connectivity index (χ0v) is 9.54. The van der Waals surface area contributed by atoms with Crippen molar-refractivity contribution in [1.29, 1.82) is 0 Å². The molecule has 0 spiro atoms. The first-order chi connectivity index (χ1) is 8.29. The van der Waals surface area contributed by atoms with Gasteiger partial charge in [0.15, 0.2) is 11.0 Å². The Morgan fingerprint density at radius 2 is 1.59 bits per heavy atom. The number of hydrogen-bond donors (Lipinski definition) is 1. The number of imidazole rings is 1. The van der Waals surface area contributed by atoms with Crippen molar-refractivity contribution in [2.75, 3.05) is 0 Å². The molecule has 3 aromatic rings. The number of fused-ring (bicyclic) bond motifs is 1. The summed E-state index contributed by atoms with van der Waals surface area (Å²) in [5.41, 5.74) is 2.97. The first-order valence-corrected chi connectivity index (χ1v) is 5.53. The molecule has 3 heteroatoms. The van der Waals surface area contributed by atoms with Gasteiger partial charge < -0.3 is 5.11 Å². The number of rotatable bonds is 1. The number of hydrogen-bond acceptors (Lipinski definition) is 1. The number of aromatic nitrogens is 2. The SMILES string of the molecule is C[n+]1c(O)n(-c2ccccc2)c2ccccc21. The van der Waals surface area contributed by atoms with E-state index in [9.17, 15) is 5.11 Å². The molecule has 0 saturated carbocycles. The van der Waals surface area contributed by atoms with Gasteiger partial charge in [0.25, 0.3) is 0 Å². The maximum Gasteiger partial charge on any atom is 0.459 e. The van der Waals surface area contributed by atoms with Gasteiger partial charge >= 0.3 is 6.01 Å². The summed E-state index contributed by atoms with van der Waals surface area (Å²) in [5, 5.41) is 10.2. The van der Waals surface area contributed by atoms with Gasteiger partial charge in [-0.3, -0.25) is 0 Å². The molecule has 0 bridgehead atoms. The van der Waals surface area contributed by atoms with E-state index in [4.69, 9.17) is 0 Å². The fourth-order valence-electron chi connectivity index (χ4n) is 2.13. The van der Waals surface area contributed by atoms with Gasteiger partial charge in [0.1, 0.15) is 5.69 Å². The van der Waals surface area contributed by atoms with E-state index in [0.717, 1.165) is 16.7 Å². The zero-order chi connectivity index (χ0) is 11.8. The summed E-state index contributed by atoms with van der Waals surface area (Å²) in [6.07, 6.45) is 0.